The molecule has 10 heteroatoms. The Morgan fingerprint density at radius 2 is 1.32 bits per heavy atom. The standard InChI is InChI=1S/C21H14O8S2/c22-20-14-8-4-6-10-16(14)28-30(24,25)18(20)12-2-1-3-13-19-21(23)15-9-5-7-11-17(15)29-31(19,26)27/h1-13,22H/b3-1?,12-2?,19-13-. The van der Waals surface area contributed by atoms with Crippen LogP contribution in [0.4, 0.5) is 0 Å². The number of Topliss-reactive ketones (excluding diaryl/α,β-unsaturated/α-hetero) is 1. The molecule has 1 N–H and O–H groups in total. The van der Waals surface area contributed by atoms with Crippen LogP contribution in [0, 0.1) is 0 Å². The molecule has 8 nitrogen and oxygen atoms in total. The van der Waals surface area contributed by atoms with Gasteiger partial charge in [-0.2, -0.15) is 16.8 Å². The van der Waals surface area contributed by atoms with Crippen molar-refractivity contribution in [3.8, 4) is 11.5 Å². The lowest BCUT2D eigenvalue weighted by atomic mass is 10.1. The maximum atomic E-state index is 12.5. The van der Waals surface area contributed by atoms with Crippen LogP contribution in [0.5, 0.6) is 11.5 Å². The van der Waals surface area contributed by atoms with Crippen LogP contribution in [-0.2, 0) is 20.2 Å². The van der Waals surface area contributed by atoms with Crippen molar-refractivity contribution in [2.24, 2.45) is 0 Å². The minimum Gasteiger partial charge on any atom is -0.506 e. The summed E-state index contributed by atoms with van der Waals surface area (Å²) in [6.45, 7) is 0. The molecule has 2 heterocycles. The number of benzene rings is 2. The first-order chi connectivity index (χ1) is 14.7. The fourth-order valence-electron chi connectivity index (χ4n) is 2.96. The molecule has 0 saturated heterocycles. The highest BCUT2D eigenvalue weighted by Crippen LogP contribution is 2.36. The summed E-state index contributed by atoms with van der Waals surface area (Å²) in [6, 6.07) is 12.1. The zero-order valence-electron chi connectivity index (χ0n) is 15.6. The highest BCUT2D eigenvalue weighted by atomic mass is 32.2. The van der Waals surface area contributed by atoms with Crippen molar-refractivity contribution in [1.29, 1.82) is 0 Å². The SMILES string of the molecule is O=C1/C(=C/C=CC=CC2=C(O)c3ccccc3OS2(=O)=O)S(=O)(=O)Oc2ccccc21. The fraction of sp³-hybridized carbons (Fsp3) is 0. The van der Waals surface area contributed by atoms with E-state index in [1.807, 2.05) is 0 Å². The lowest BCUT2D eigenvalue weighted by Crippen LogP contribution is -2.25. The molecule has 2 aliphatic rings. The second kappa shape index (κ2) is 7.56. The average molecular weight is 458 g/mol. The third kappa shape index (κ3) is 3.78. The number of ketones is 1. The van der Waals surface area contributed by atoms with Gasteiger partial charge in [-0.05, 0) is 36.4 Å². The molecular formula is C21H14O8S2. The average Bonchev–Trinajstić information content (AvgIpc) is 2.71. The summed E-state index contributed by atoms with van der Waals surface area (Å²) in [6.07, 6.45) is 5.94. The minimum absolute atomic E-state index is 0.0127. The largest absolute Gasteiger partial charge is 0.506 e. The summed E-state index contributed by atoms with van der Waals surface area (Å²) in [5.41, 5.74) is 0.337. The van der Waals surface area contributed by atoms with Crippen molar-refractivity contribution in [2.45, 2.75) is 0 Å². The first-order valence-electron chi connectivity index (χ1n) is 8.81. The van der Waals surface area contributed by atoms with Crippen LogP contribution in [0.15, 0.2) is 88.7 Å². The van der Waals surface area contributed by atoms with E-state index in [0.29, 0.717) is 0 Å². The van der Waals surface area contributed by atoms with E-state index >= 15 is 0 Å². The van der Waals surface area contributed by atoms with Crippen molar-refractivity contribution in [3.05, 3.63) is 99.8 Å². The number of hydrogen-bond acceptors (Lipinski definition) is 8. The molecule has 2 aromatic rings. The number of allylic oxidation sites excluding steroid dienone is 6. The Labute approximate surface area is 178 Å². The molecule has 0 atom stereocenters. The molecule has 0 unspecified atom stereocenters. The number of hydrogen-bond donors (Lipinski definition) is 1. The van der Waals surface area contributed by atoms with Gasteiger partial charge in [-0.15, -0.1) is 0 Å². The number of para-hydroxylation sites is 2. The van der Waals surface area contributed by atoms with E-state index in [1.54, 1.807) is 24.3 Å². The molecule has 0 saturated carbocycles. The van der Waals surface area contributed by atoms with Gasteiger partial charge >= 0.3 is 20.2 Å². The summed E-state index contributed by atoms with van der Waals surface area (Å²) in [5, 5.41) is 10.3. The van der Waals surface area contributed by atoms with E-state index in [9.17, 15) is 26.7 Å². The monoisotopic (exact) mass is 458 g/mol. The second-order valence-corrected chi connectivity index (χ2v) is 9.41. The molecule has 2 aromatic carbocycles. The highest BCUT2D eigenvalue weighted by molar-refractivity contribution is 7.92. The van der Waals surface area contributed by atoms with Crippen LogP contribution < -0.4 is 8.37 Å². The van der Waals surface area contributed by atoms with Gasteiger partial charge in [0.05, 0.1) is 11.1 Å². The Morgan fingerprint density at radius 3 is 2.03 bits per heavy atom. The van der Waals surface area contributed by atoms with Crippen LogP contribution in [0.2, 0.25) is 0 Å². The van der Waals surface area contributed by atoms with Crippen molar-refractivity contribution >= 4 is 31.8 Å². The van der Waals surface area contributed by atoms with Crippen LogP contribution in [0.3, 0.4) is 0 Å². The van der Waals surface area contributed by atoms with Crippen LogP contribution in [0.25, 0.3) is 5.76 Å². The Bertz CT molecular complexity index is 1430. The first kappa shape index (κ1) is 20.6. The molecule has 0 bridgehead atoms. The third-order valence-corrected chi connectivity index (χ3v) is 6.91. The Hall–Kier alpha value is -3.63. The van der Waals surface area contributed by atoms with Crippen LogP contribution in [-0.4, -0.2) is 27.7 Å². The van der Waals surface area contributed by atoms with Crippen molar-refractivity contribution in [1.82, 2.24) is 0 Å². The minimum atomic E-state index is -4.28. The number of rotatable bonds is 3. The lowest BCUT2D eigenvalue weighted by Gasteiger charge is -2.18. The van der Waals surface area contributed by atoms with Gasteiger partial charge in [0.1, 0.15) is 10.7 Å². The van der Waals surface area contributed by atoms with Crippen LogP contribution >= 0.6 is 0 Å². The van der Waals surface area contributed by atoms with Gasteiger partial charge < -0.3 is 13.5 Å². The second-order valence-electron chi connectivity index (χ2n) is 6.38. The fourth-order valence-corrected chi connectivity index (χ4v) is 5.07. The summed E-state index contributed by atoms with van der Waals surface area (Å²) in [4.78, 5) is 11.5. The highest BCUT2D eigenvalue weighted by Gasteiger charge is 2.35. The van der Waals surface area contributed by atoms with E-state index in [2.05, 4.69) is 0 Å². The van der Waals surface area contributed by atoms with Gasteiger partial charge in [-0.25, -0.2) is 0 Å². The lowest BCUT2D eigenvalue weighted by molar-refractivity contribution is 0.103. The zero-order chi connectivity index (χ0) is 22.2. The molecular weight excluding hydrogens is 444 g/mol. The quantitative estimate of drug-likeness (QED) is 0.422. The summed E-state index contributed by atoms with van der Waals surface area (Å²) >= 11 is 0. The summed E-state index contributed by atoms with van der Waals surface area (Å²) in [7, 11) is -8.51. The van der Waals surface area contributed by atoms with Gasteiger partial charge in [-0.3, -0.25) is 4.79 Å². The van der Waals surface area contributed by atoms with Gasteiger partial charge in [-0.1, -0.05) is 42.5 Å². The predicted molar refractivity (Wildman–Crippen MR) is 112 cm³/mol. The van der Waals surface area contributed by atoms with E-state index in [4.69, 9.17) is 8.37 Å². The molecule has 0 fully saturated rings. The van der Waals surface area contributed by atoms with E-state index in [1.165, 1.54) is 42.5 Å². The van der Waals surface area contributed by atoms with Crippen molar-refractivity contribution < 1.29 is 35.1 Å². The van der Waals surface area contributed by atoms with Crippen molar-refractivity contribution in [2.75, 3.05) is 0 Å². The summed E-state index contributed by atoms with van der Waals surface area (Å²) in [5.74, 6) is -1.21. The van der Waals surface area contributed by atoms with Gasteiger partial charge in [0.25, 0.3) is 0 Å². The third-order valence-electron chi connectivity index (χ3n) is 4.39. The van der Waals surface area contributed by atoms with Crippen molar-refractivity contribution in [3.63, 3.8) is 0 Å². The maximum absolute atomic E-state index is 12.5. The van der Waals surface area contributed by atoms with E-state index < -0.39 is 41.6 Å². The Balaban J connectivity index is 1.62. The van der Waals surface area contributed by atoms with E-state index in [-0.39, 0.29) is 22.6 Å². The normalized spacial score (nSPS) is 20.4. The van der Waals surface area contributed by atoms with Gasteiger partial charge in [0, 0.05) is 0 Å². The number of aliphatic hydroxyl groups excluding tert-OH is 1. The predicted octanol–water partition coefficient (Wildman–Crippen LogP) is 3.24. The molecule has 0 radical (unpaired) electrons. The molecule has 2 aliphatic heterocycles. The molecule has 0 spiro atoms. The molecule has 0 aromatic heterocycles. The van der Waals surface area contributed by atoms with Gasteiger partial charge in [0.2, 0.25) is 5.78 Å². The van der Waals surface area contributed by atoms with Crippen LogP contribution in [0.1, 0.15) is 15.9 Å². The Morgan fingerprint density at radius 1 is 0.742 bits per heavy atom. The number of carbonyl (C=O) groups excluding carboxylic acids is 1. The number of carbonyl (C=O) groups is 1. The maximum Gasteiger partial charge on any atom is 0.343 e. The molecule has 0 aliphatic carbocycles. The number of fused-ring (bicyclic) bond motifs is 2. The molecule has 0 amide bonds. The first-order valence-corrected chi connectivity index (χ1v) is 11.6. The smallest absolute Gasteiger partial charge is 0.343 e. The summed E-state index contributed by atoms with van der Waals surface area (Å²) < 4.78 is 58.8. The molecule has 158 valence electrons. The Kier molecular flexibility index (Phi) is 5.03. The molecule has 4 rings (SSSR count). The zero-order valence-corrected chi connectivity index (χ0v) is 17.3. The van der Waals surface area contributed by atoms with E-state index in [0.717, 1.165) is 12.2 Å². The molecule has 31 heavy (non-hydrogen) atoms. The van der Waals surface area contributed by atoms with Gasteiger partial charge in [0.15, 0.2) is 16.4 Å². The number of aliphatic hydroxyl groups is 1. The topological polar surface area (TPSA) is 124 Å².